The number of benzene rings is 3. The van der Waals surface area contributed by atoms with E-state index in [1.807, 2.05) is 12.1 Å². The normalized spacial score (nSPS) is 14.8. The fourth-order valence-electron chi connectivity index (χ4n) is 11.3. The summed E-state index contributed by atoms with van der Waals surface area (Å²) in [5, 5.41) is 102. The highest BCUT2D eigenvalue weighted by Crippen LogP contribution is 2.21. The number of thiocarbonyl (C=S) groups is 1. The van der Waals surface area contributed by atoms with Crippen LogP contribution in [0.1, 0.15) is 93.7 Å². The van der Waals surface area contributed by atoms with Crippen molar-refractivity contribution in [1.82, 2.24) is 62.6 Å². The van der Waals surface area contributed by atoms with E-state index in [1.54, 1.807) is 75.4 Å². The highest BCUT2D eigenvalue weighted by Gasteiger charge is 2.30. The van der Waals surface area contributed by atoms with Crippen LogP contribution in [0.4, 0.5) is 21.0 Å². The van der Waals surface area contributed by atoms with Gasteiger partial charge in [0.15, 0.2) is 5.11 Å². The number of carboxylic acid groups (broad SMARTS) is 7. The Morgan fingerprint density at radius 1 is 0.536 bits per heavy atom. The first-order valence-corrected chi connectivity index (χ1v) is 37.4. The van der Waals surface area contributed by atoms with Crippen molar-refractivity contribution in [3.63, 3.8) is 0 Å². The highest BCUT2D eigenvalue weighted by molar-refractivity contribution is 7.80. The van der Waals surface area contributed by atoms with Crippen molar-refractivity contribution < 1.29 is 107 Å². The number of halogens is 1. The van der Waals surface area contributed by atoms with Crippen molar-refractivity contribution >= 4 is 118 Å². The number of rotatable bonds is 53. The van der Waals surface area contributed by atoms with Crippen LogP contribution in [0.5, 0.6) is 0 Å². The number of unbranched alkanes of at least 4 members (excludes halogenated alkanes) is 3. The lowest BCUT2D eigenvalue weighted by Crippen LogP contribution is -2.52. The molecule has 0 aliphatic carbocycles. The van der Waals surface area contributed by atoms with Crippen LogP contribution in [0.2, 0.25) is 5.02 Å². The van der Waals surface area contributed by atoms with Crippen molar-refractivity contribution in [1.29, 1.82) is 5.53 Å². The number of hydrogen-bond acceptors (Lipinski definition) is 23. The summed E-state index contributed by atoms with van der Waals surface area (Å²) >= 11 is 11.5. The van der Waals surface area contributed by atoms with E-state index < -0.39 is 109 Å². The summed E-state index contributed by atoms with van der Waals surface area (Å²) in [6, 6.07) is 13.1. The number of aliphatic carboxylic acids is 7. The van der Waals surface area contributed by atoms with Crippen LogP contribution >= 0.6 is 23.8 Å². The lowest BCUT2D eigenvalue weighted by molar-refractivity contribution is -0.142. The van der Waals surface area contributed by atoms with Crippen molar-refractivity contribution in [2.45, 2.75) is 120 Å². The van der Waals surface area contributed by atoms with Crippen LogP contribution in [-0.4, -0.2) is 289 Å². The van der Waals surface area contributed by atoms with Gasteiger partial charge in [-0.2, -0.15) is 5.11 Å². The lowest BCUT2D eigenvalue weighted by Gasteiger charge is -2.36. The van der Waals surface area contributed by atoms with Crippen LogP contribution < -0.4 is 58.5 Å². The molecule has 3 aromatic rings. The number of amides is 7. The van der Waals surface area contributed by atoms with Crippen LogP contribution in [0.3, 0.4) is 0 Å². The molecule has 7 amide bonds. The highest BCUT2D eigenvalue weighted by atomic mass is 35.5. The molecule has 19 N–H and O–H groups in total. The number of hydrogen-bond donors (Lipinski definition) is 19. The molecular formula is C72H105ClN16O22S. The Hall–Kier alpha value is -10.3. The molecule has 1 saturated heterocycles. The van der Waals surface area contributed by atoms with Gasteiger partial charge in [-0.3, -0.25) is 48.3 Å². The molecular weight excluding hydrogens is 1510 g/mol. The third-order valence-corrected chi connectivity index (χ3v) is 17.6. The van der Waals surface area contributed by atoms with E-state index in [-0.39, 0.29) is 147 Å². The Labute approximate surface area is 658 Å². The summed E-state index contributed by atoms with van der Waals surface area (Å²) in [6.07, 6.45) is 3.16. The van der Waals surface area contributed by atoms with Crippen LogP contribution in [0.25, 0.3) is 5.70 Å². The largest absolute Gasteiger partial charge is 0.481 e. The summed E-state index contributed by atoms with van der Waals surface area (Å²) < 4.78 is 16.9. The quantitative estimate of drug-likeness (QED) is 0.0219. The van der Waals surface area contributed by atoms with Gasteiger partial charge in [0, 0.05) is 119 Å². The smallest absolute Gasteiger partial charge is 0.326 e. The van der Waals surface area contributed by atoms with Crippen LogP contribution in [-0.2, 0) is 75.0 Å². The van der Waals surface area contributed by atoms with E-state index in [0.717, 1.165) is 11.1 Å². The monoisotopic (exact) mass is 1610 g/mol. The molecule has 0 aromatic heterocycles. The summed E-state index contributed by atoms with van der Waals surface area (Å²) in [4.78, 5) is 152. The zero-order chi connectivity index (χ0) is 82.0. The van der Waals surface area contributed by atoms with Gasteiger partial charge in [0.05, 0.1) is 65.7 Å². The third kappa shape index (κ3) is 42.2. The molecule has 1 aliphatic heterocycles. The number of nitrogens with zero attached hydrogens (tertiary/aromatic N) is 4. The summed E-state index contributed by atoms with van der Waals surface area (Å²) in [6.45, 7) is 3.53. The topological polar surface area (TPSA) is 552 Å². The van der Waals surface area contributed by atoms with Crippen LogP contribution in [0.15, 0.2) is 84.1 Å². The second kappa shape index (κ2) is 54.4. The molecule has 1 heterocycles. The maximum Gasteiger partial charge on any atom is 0.326 e. The molecule has 1 fully saturated rings. The standard InChI is InChI=1S/C72H105ClN16O22S/c73-51-17-13-49(14-18-51)41-61(91)77-24-4-2-11-56(67(101)102)83-66(100)55(10-1-6-26-79-72(112)81-52-19-15-48(16-20-52)40-54-44-88(46-64(96)97)31-28-75-27-30-87(45-63(94)95)32-33-89(54)47-65(98)99)82-60(90)23-34-109-36-38-111-39-37-110-35-29-76-43-59(86-74)50-8-7-9-53(42-50)80-70(107)78-25-5-3-12-57(68(103)104)84-71(108)85-58(69(105)106)21-22-62(92)93/h7-9,13-20,42-43,54-58,74-76H,1-6,10-12,21-41,44-47H2,(H,77,91)(H,82,90)(H,83,100)(H,92,93)(H,94,95)(H,96,97)(H,98,99)(H,101,102)(H,103,104)(H,105,106)(H2,78,80,107)(H2,79,81,112)(H2,84,85,108)/b59-43-,86-74?. The molecule has 0 radical (unpaired) electrons. The maximum absolute atomic E-state index is 13.8. The van der Waals surface area contributed by atoms with Gasteiger partial charge in [0.2, 0.25) is 17.7 Å². The first-order chi connectivity index (χ1) is 53.7. The minimum Gasteiger partial charge on any atom is -0.481 e. The number of carbonyl (C=O) groups excluding carboxylic acids is 5. The van der Waals surface area contributed by atoms with Gasteiger partial charge in [-0.1, -0.05) is 48.0 Å². The van der Waals surface area contributed by atoms with Crippen molar-refractivity contribution in [3.05, 3.63) is 101 Å². The van der Waals surface area contributed by atoms with E-state index in [9.17, 15) is 88.2 Å². The fraction of sp³-hybridized carbons (Fsp3) is 0.542. The van der Waals surface area contributed by atoms with Crippen molar-refractivity contribution in [3.8, 4) is 0 Å². The van der Waals surface area contributed by atoms with E-state index in [4.69, 9.17) is 48.7 Å². The molecule has 40 heteroatoms. The molecule has 0 bridgehead atoms. The van der Waals surface area contributed by atoms with Crippen molar-refractivity contribution in [2.75, 3.05) is 142 Å². The Morgan fingerprint density at radius 3 is 1.70 bits per heavy atom. The first-order valence-electron chi connectivity index (χ1n) is 36.6. The van der Waals surface area contributed by atoms with E-state index in [2.05, 4.69) is 63.6 Å². The molecule has 112 heavy (non-hydrogen) atoms. The second-order valence-electron chi connectivity index (χ2n) is 26.0. The average molecular weight is 1610 g/mol. The van der Waals surface area contributed by atoms with E-state index in [0.29, 0.717) is 99.8 Å². The minimum atomic E-state index is -1.55. The predicted molar refractivity (Wildman–Crippen MR) is 413 cm³/mol. The van der Waals surface area contributed by atoms with Gasteiger partial charge >= 0.3 is 53.8 Å². The molecule has 38 nitrogen and oxygen atoms in total. The van der Waals surface area contributed by atoms with E-state index >= 15 is 0 Å². The van der Waals surface area contributed by atoms with Crippen molar-refractivity contribution in [2.24, 2.45) is 5.11 Å². The summed E-state index contributed by atoms with van der Waals surface area (Å²) in [7, 11) is 0. The fourth-order valence-corrected chi connectivity index (χ4v) is 11.7. The number of carboxylic acids is 7. The molecule has 3 aromatic carbocycles. The van der Waals surface area contributed by atoms with Gasteiger partial charge < -0.3 is 108 Å². The lowest BCUT2D eigenvalue weighted by atomic mass is 10.0. The second-order valence-corrected chi connectivity index (χ2v) is 26.8. The Balaban J connectivity index is 1.20. The van der Waals surface area contributed by atoms with Gasteiger partial charge in [-0.25, -0.2) is 29.5 Å². The zero-order valence-corrected chi connectivity index (χ0v) is 63.8. The molecule has 5 atom stereocenters. The summed E-state index contributed by atoms with van der Waals surface area (Å²) in [5.74, 6) is -10.0. The molecule has 618 valence electrons. The number of ether oxygens (including phenoxy) is 3. The van der Waals surface area contributed by atoms with Gasteiger partial charge in [0.1, 0.15) is 29.9 Å². The molecule has 5 unspecified atom stereocenters. The Morgan fingerprint density at radius 2 is 1.09 bits per heavy atom. The number of carbonyl (C=O) groups is 12. The Bertz CT molecular complexity index is 3550. The molecule has 1 aliphatic rings. The molecule has 4 rings (SSSR count). The number of urea groups is 2. The van der Waals surface area contributed by atoms with Gasteiger partial charge in [0.25, 0.3) is 0 Å². The summed E-state index contributed by atoms with van der Waals surface area (Å²) in [5.41, 5.74) is 11.0. The zero-order valence-electron chi connectivity index (χ0n) is 62.3. The van der Waals surface area contributed by atoms with Gasteiger partial charge in [-0.15, -0.1) is 0 Å². The predicted octanol–water partition coefficient (Wildman–Crippen LogP) is 2.48. The molecule has 0 spiro atoms. The maximum atomic E-state index is 13.8. The van der Waals surface area contributed by atoms with Gasteiger partial charge in [-0.05, 0) is 130 Å². The van der Waals surface area contributed by atoms with E-state index in [1.165, 1.54) is 6.20 Å². The molecule has 0 saturated carbocycles. The van der Waals surface area contributed by atoms with Crippen LogP contribution in [0, 0.1) is 5.53 Å². The number of anilines is 2. The Kier molecular flexibility index (Phi) is 45.7. The SMILES string of the molecule is N=N/C(=C\NCCOCCOCCOCCC(=O)NC(CCCCNC(=S)Nc1ccc(CC2CN(CC(=O)O)CCNCCN(CC(=O)O)CCN2CC(=O)O)cc1)C(=O)NC(CCCCNC(=O)Cc1ccc(Cl)cc1)C(=O)O)c1cccc(NC(=O)NCCCCC(NC(=O)NC(CCC(=O)O)C(=O)O)C(=O)O)c1. The first kappa shape index (κ1) is 94.1. The average Bonchev–Trinajstić information content (AvgIpc) is 0.836. The third-order valence-electron chi connectivity index (χ3n) is 17.1. The minimum absolute atomic E-state index is 0.0318. The number of nitrogens with one attached hydrogen (secondary N) is 12.